The summed E-state index contributed by atoms with van der Waals surface area (Å²) >= 11 is 0. The molecule has 1 atom stereocenters. The third-order valence-corrected chi connectivity index (χ3v) is 4.66. The van der Waals surface area contributed by atoms with Gasteiger partial charge in [-0.25, -0.2) is 0 Å². The number of phenolic OH excluding ortho intramolecular Hbond substituents is 1. The highest BCUT2D eigenvalue weighted by Crippen LogP contribution is 2.35. The van der Waals surface area contributed by atoms with Gasteiger partial charge in [0, 0.05) is 12.1 Å². The van der Waals surface area contributed by atoms with Crippen LogP contribution in [-0.4, -0.2) is 11.1 Å². The van der Waals surface area contributed by atoms with Crippen molar-refractivity contribution in [3.63, 3.8) is 0 Å². The average Bonchev–Trinajstić information content (AvgIpc) is 2.74. The lowest BCUT2D eigenvalue weighted by atomic mass is 9.87. The fraction of sp³-hybridized carbons (Fsp3) is 0.625. The second-order valence-corrected chi connectivity index (χ2v) is 6.10. The van der Waals surface area contributed by atoms with E-state index in [-0.39, 0.29) is 0 Å². The van der Waals surface area contributed by atoms with Crippen LogP contribution < -0.4 is 5.32 Å². The molecule has 0 heterocycles. The number of rotatable bonds is 2. The molecule has 1 fully saturated rings. The van der Waals surface area contributed by atoms with Crippen molar-refractivity contribution in [1.29, 1.82) is 0 Å². The van der Waals surface area contributed by atoms with Gasteiger partial charge in [0.2, 0.25) is 0 Å². The SMILES string of the molecule is CC1CCC(NC2CCc3cc(O)ccc32)CC1. The number of aromatic hydroxyl groups is 1. The molecule has 2 N–H and O–H groups in total. The number of fused-ring (bicyclic) bond motifs is 1. The summed E-state index contributed by atoms with van der Waals surface area (Å²) in [5, 5.41) is 13.3. The van der Waals surface area contributed by atoms with Crippen LogP contribution in [0.15, 0.2) is 18.2 Å². The third kappa shape index (κ3) is 2.39. The van der Waals surface area contributed by atoms with Gasteiger partial charge >= 0.3 is 0 Å². The van der Waals surface area contributed by atoms with Crippen LogP contribution in [0.4, 0.5) is 0 Å². The Balaban J connectivity index is 1.66. The van der Waals surface area contributed by atoms with Crippen LogP contribution in [0.3, 0.4) is 0 Å². The summed E-state index contributed by atoms with van der Waals surface area (Å²) in [7, 11) is 0. The fourth-order valence-corrected chi connectivity index (χ4v) is 3.49. The lowest BCUT2D eigenvalue weighted by molar-refractivity contribution is 0.286. The summed E-state index contributed by atoms with van der Waals surface area (Å²) in [5.41, 5.74) is 2.74. The van der Waals surface area contributed by atoms with Crippen molar-refractivity contribution in [2.45, 2.75) is 57.5 Å². The Kier molecular flexibility index (Phi) is 3.29. The minimum atomic E-state index is 0.404. The zero-order chi connectivity index (χ0) is 12.5. The molecule has 1 aromatic rings. The minimum absolute atomic E-state index is 0.404. The van der Waals surface area contributed by atoms with E-state index in [2.05, 4.69) is 18.3 Å². The molecule has 18 heavy (non-hydrogen) atoms. The fourth-order valence-electron chi connectivity index (χ4n) is 3.49. The lowest BCUT2D eigenvalue weighted by Crippen LogP contribution is -2.34. The zero-order valence-electron chi connectivity index (χ0n) is 11.2. The smallest absolute Gasteiger partial charge is 0.115 e. The summed E-state index contributed by atoms with van der Waals surface area (Å²) < 4.78 is 0. The summed E-state index contributed by atoms with van der Waals surface area (Å²) in [6.07, 6.45) is 7.67. The molecule has 0 spiro atoms. The summed E-state index contributed by atoms with van der Waals surface area (Å²) in [6.45, 7) is 2.36. The van der Waals surface area contributed by atoms with Gasteiger partial charge in [0.1, 0.15) is 5.75 Å². The maximum absolute atomic E-state index is 9.51. The summed E-state index contributed by atoms with van der Waals surface area (Å²) in [6, 6.07) is 7.06. The second-order valence-electron chi connectivity index (χ2n) is 6.10. The Morgan fingerprint density at radius 2 is 1.89 bits per heavy atom. The highest BCUT2D eigenvalue weighted by atomic mass is 16.3. The van der Waals surface area contributed by atoms with E-state index in [4.69, 9.17) is 0 Å². The Morgan fingerprint density at radius 1 is 1.11 bits per heavy atom. The summed E-state index contributed by atoms with van der Waals surface area (Å²) in [4.78, 5) is 0. The lowest BCUT2D eigenvalue weighted by Gasteiger charge is -2.30. The van der Waals surface area contributed by atoms with Gasteiger partial charge in [-0.2, -0.15) is 0 Å². The minimum Gasteiger partial charge on any atom is -0.508 e. The van der Waals surface area contributed by atoms with Crippen LogP contribution in [0.25, 0.3) is 0 Å². The predicted molar refractivity (Wildman–Crippen MR) is 73.7 cm³/mol. The van der Waals surface area contributed by atoms with Gasteiger partial charge in [-0.3, -0.25) is 0 Å². The van der Waals surface area contributed by atoms with Gasteiger partial charge in [0.05, 0.1) is 0 Å². The molecule has 98 valence electrons. The van der Waals surface area contributed by atoms with Crippen LogP contribution in [0.2, 0.25) is 0 Å². The molecule has 1 unspecified atom stereocenters. The molecule has 2 aliphatic carbocycles. The quantitative estimate of drug-likeness (QED) is 0.835. The Hall–Kier alpha value is -1.02. The van der Waals surface area contributed by atoms with Crippen LogP contribution in [0.5, 0.6) is 5.75 Å². The van der Waals surface area contributed by atoms with E-state index in [0.717, 1.165) is 12.3 Å². The first-order valence-corrected chi connectivity index (χ1v) is 7.30. The Bertz CT molecular complexity index is 421. The molecule has 2 nitrogen and oxygen atoms in total. The van der Waals surface area contributed by atoms with Crippen molar-refractivity contribution in [3.8, 4) is 5.75 Å². The molecule has 2 heteroatoms. The molecular formula is C16H23NO. The van der Waals surface area contributed by atoms with E-state index in [0.29, 0.717) is 17.8 Å². The standard InChI is InChI=1S/C16H23NO/c1-11-2-5-13(6-3-11)17-16-9-4-12-10-14(18)7-8-15(12)16/h7-8,10-11,13,16-18H,2-6,9H2,1H3. The van der Waals surface area contributed by atoms with E-state index in [1.54, 1.807) is 0 Å². The molecule has 0 bridgehead atoms. The first-order valence-electron chi connectivity index (χ1n) is 7.30. The van der Waals surface area contributed by atoms with E-state index in [1.165, 1.54) is 43.2 Å². The third-order valence-electron chi connectivity index (χ3n) is 4.66. The number of benzene rings is 1. The second kappa shape index (κ2) is 4.93. The van der Waals surface area contributed by atoms with Gasteiger partial charge in [-0.1, -0.05) is 13.0 Å². The van der Waals surface area contributed by atoms with E-state index >= 15 is 0 Å². The van der Waals surface area contributed by atoms with Crippen molar-refractivity contribution in [2.24, 2.45) is 5.92 Å². The normalized spacial score (nSPS) is 31.3. The number of phenols is 1. The maximum Gasteiger partial charge on any atom is 0.115 e. The zero-order valence-corrected chi connectivity index (χ0v) is 11.2. The molecule has 0 amide bonds. The van der Waals surface area contributed by atoms with Gasteiger partial charge in [-0.05, 0) is 67.7 Å². The Labute approximate surface area is 109 Å². The highest BCUT2D eigenvalue weighted by molar-refractivity contribution is 5.40. The van der Waals surface area contributed by atoms with Crippen molar-refractivity contribution >= 4 is 0 Å². The number of aryl methyl sites for hydroxylation is 1. The van der Waals surface area contributed by atoms with E-state index in [9.17, 15) is 5.11 Å². The molecule has 0 radical (unpaired) electrons. The van der Waals surface area contributed by atoms with Crippen molar-refractivity contribution in [3.05, 3.63) is 29.3 Å². The van der Waals surface area contributed by atoms with Crippen LogP contribution in [0.1, 0.15) is 56.2 Å². The van der Waals surface area contributed by atoms with Gasteiger partial charge < -0.3 is 10.4 Å². The van der Waals surface area contributed by atoms with E-state index in [1.807, 2.05) is 12.1 Å². The molecule has 2 aliphatic rings. The average molecular weight is 245 g/mol. The maximum atomic E-state index is 9.51. The molecule has 0 saturated heterocycles. The van der Waals surface area contributed by atoms with Crippen LogP contribution in [0, 0.1) is 5.92 Å². The first kappa shape index (κ1) is 12.0. The van der Waals surface area contributed by atoms with Crippen LogP contribution >= 0.6 is 0 Å². The van der Waals surface area contributed by atoms with E-state index < -0.39 is 0 Å². The molecule has 0 aliphatic heterocycles. The first-order chi connectivity index (χ1) is 8.72. The van der Waals surface area contributed by atoms with Crippen molar-refractivity contribution < 1.29 is 5.11 Å². The topological polar surface area (TPSA) is 32.3 Å². The predicted octanol–water partition coefficient (Wildman–Crippen LogP) is 3.55. The largest absolute Gasteiger partial charge is 0.508 e. The Morgan fingerprint density at radius 3 is 2.67 bits per heavy atom. The highest BCUT2D eigenvalue weighted by Gasteiger charge is 2.26. The van der Waals surface area contributed by atoms with Crippen LogP contribution in [-0.2, 0) is 6.42 Å². The van der Waals surface area contributed by atoms with Crippen molar-refractivity contribution in [2.75, 3.05) is 0 Å². The summed E-state index contributed by atoms with van der Waals surface area (Å²) in [5.74, 6) is 1.32. The van der Waals surface area contributed by atoms with Gasteiger partial charge in [0.15, 0.2) is 0 Å². The monoisotopic (exact) mass is 245 g/mol. The molecule has 1 aromatic carbocycles. The molecule has 3 rings (SSSR count). The molecular weight excluding hydrogens is 222 g/mol. The number of nitrogens with one attached hydrogen (secondary N) is 1. The van der Waals surface area contributed by atoms with Crippen molar-refractivity contribution in [1.82, 2.24) is 5.32 Å². The number of hydrogen-bond donors (Lipinski definition) is 2. The van der Waals surface area contributed by atoms with Gasteiger partial charge in [0.25, 0.3) is 0 Å². The molecule has 1 saturated carbocycles. The molecule has 0 aromatic heterocycles. The van der Waals surface area contributed by atoms with Gasteiger partial charge in [-0.15, -0.1) is 0 Å². The number of hydrogen-bond acceptors (Lipinski definition) is 2.